The maximum atomic E-state index is 12.1. The summed E-state index contributed by atoms with van der Waals surface area (Å²) in [5.41, 5.74) is 2.67. The number of hydrogen-bond donors (Lipinski definition) is 1. The van der Waals surface area contributed by atoms with Crippen LogP contribution in [-0.2, 0) is 6.42 Å². The van der Waals surface area contributed by atoms with Gasteiger partial charge in [0.15, 0.2) is 10.8 Å². The minimum absolute atomic E-state index is 0.108. The molecule has 0 aliphatic rings. The van der Waals surface area contributed by atoms with Crippen LogP contribution in [0.5, 0.6) is 0 Å². The van der Waals surface area contributed by atoms with Crippen LogP contribution in [0.1, 0.15) is 18.2 Å². The zero-order valence-corrected chi connectivity index (χ0v) is 11.5. The van der Waals surface area contributed by atoms with Crippen LogP contribution in [0.25, 0.3) is 21.7 Å². The van der Waals surface area contributed by atoms with Gasteiger partial charge >= 0.3 is 0 Å². The topological polar surface area (TPSA) is 58.6 Å². The quantitative estimate of drug-likeness (QED) is 0.779. The Bertz CT molecular complexity index is 804. The summed E-state index contributed by atoms with van der Waals surface area (Å²) in [4.78, 5) is 23.8. The van der Waals surface area contributed by atoms with Crippen LogP contribution in [0.3, 0.4) is 0 Å². The number of benzene rings is 1. The number of aromatic nitrogens is 3. The maximum Gasteiger partial charge on any atom is 0.259 e. The number of aromatic amines is 1. The van der Waals surface area contributed by atoms with Crippen molar-refractivity contribution in [3.8, 4) is 10.8 Å². The summed E-state index contributed by atoms with van der Waals surface area (Å²) in [5.74, 6) is 0.542. The van der Waals surface area contributed by atoms with Gasteiger partial charge in [0.25, 0.3) is 5.56 Å². The van der Waals surface area contributed by atoms with Gasteiger partial charge in [-0.1, -0.05) is 13.0 Å². The number of hydrogen-bond acceptors (Lipinski definition) is 4. The summed E-state index contributed by atoms with van der Waals surface area (Å²) in [7, 11) is 0. The molecule has 96 valence electrons. The van der Waals surface area contributed by atoms with Crippen LogP contribution in [-0.4, -0.2) is 15.0 Å². The zero-order chi connectivity index (χ0) is 13.4. The smallest absolute Gasteiger partial charge is 0.259 e. The van der Waals surface area contributed by atoms with Gasteiger partial charge in [-0.2, -0.15) is 0 Å². The minimum atomic E-state index is -0.108. The Hall–Kier alpha value is -2.01. The van der Waals surface area contributed by atoms with Crippen molar-refractivity contribution < 1.29 is 0 Å². The Labute approximate surface area is 114 Å². The molecule has 4 nitrogen and oxygen atoms in total. The first kappa shape index (κ1) is 12.0. The number of aryl methyl sites for hydroxylation is 2. The van der Waals surface area contributed by atoms with E-state index in [1.165, 1.54) is 11.3 Å². The zero-order valence-electron chi connectivity index (χ0n) is 10.7. The number of nitrogens with zero attached hydrogens (tertiary/aromatic N) is 2. The molecule has 0 aliphatic carbocycles. The van der Waals surface area contributed by atoms with Gasteiger partial charge in [-0.3, -0.25) is 4.79 Å². The lowest BCUT2D eigenvalue weighted by Crippen LogP contribution is -2.09. The molecule has 2 heterocycles. The second-order valence-corrected chi connectivity index (χ2v) is 5.27. The molecule has 3 aromatic rings. The molecular weight excluding hydrogens is 258 g/mol. The number of nitrogens with one attached hydrogen (secondary N) is 1. The molecule has 0 saturated heterocycles. The van der Waals surface area contributed by atoms with E-state index in [0.29, 0.717) is 16.7 Å². The second-order valence-electron chi connectivity index (χ2n) is 4.41. The van der Waals surface area contributed by atoms with E-state index in [0.717, 1.165) is 22.7 Å². The molecule has 0 saturated carbocycles. The van der Waals surface area contributed by atoms with Gasteiger partial charge in [0.05, 0.1) is 10.9 Å². The van der Waals surface area contributed by atoms with Crippen LogP contribution < -0.4 is 5.56 Å². The third kappa shape index (κ3) is 2.17. The van der Waals surface area contributed by atoms with E-state index in [9.17, 15) is 4.79 Å². The number of H-pyrrole nitrogens is 1. The lowest BCUT2D eigenvalue weighted by atomic mass is 10.1. The molecule has 0 spiro atoms. The van der Waals surface area contributed by atoms with E-state index < -0.39 is 0 Å². The highest BCUT2D eigenvalue weighted by molar-refractivity contribution is 7.13. The van der Waals surface area contributed by atoms with Crippen LogP contribution in [0.4, 0.5) is 0 Å². The molecule has 19 heavy (non-hydrogen) atoms. The molecule has 5 heteroatoms. The van der Waals surface area contributed by atoms with Crippen LogP contribution in [0, 0.1) is 6.92 Å². The molecule has 1 aromatic carbocycles. The fourth-order valence-electron chi connectivity index (χ4n) is 1.97. The molecule has 0 fully saturated rings. The summed E-state index contributed by atoms with van der Waals surface area (Å²) in [6, 6.07) is 5.80. The second kappa shape index (κ2) is 4.59. The highest BCUT2D eigenvalue weighted by Crippen LogP contribution is 2.20. The molecule has 3 rings (SSSR count). The van der Waals surface area contributed by atoms with Gasteiger partial charge in [-0.25, -0.2) is 9.97 Å². The summed E-state index contributed by atoms with van der Waals surface area (Å²) >= 11 is 1.48. The van der Waals surface area contributed by atoms with Gasteiger partial charge in [-0.05, 0) is 31.0 Å². The van der Waals surface area contributed by atoms with E-state index in [-0.39, 0.29) is 5.56 Å². The summed E-state index contributed by atoms with van der Waals surface area (Å²) in [5, 5.41) is 3.33. The van der Waals surface area contributed by atoms with Gasteiger partial charge in [0.1, 0.15) is 0 Å². The van der Waals surface area contributed by atoms with Crippen LogP contribution >= 0.6 is 11.3 Å². The molecule has 1 N–H and O–H groups in total. The molecular formula is C14H13N3OS. The predicted molar refractivity (Wildman–Crippen MR) is 77.6 cm³/mol. The third-order valence-electron chi connectivity index (χ3n) is 3.00. The standard InChI is InChI=1S/C14H13N3OS/c1-3-9-4-5-11-10(6-9)13(18)17-12(16-11)14-15-8(2)7-19-14/h4-7H,3H2,1-2H3,(H,16,17,18). The van der Waals surface area contributed by atoms with Gasteiger partial charge < -0.3 is 4.98 Å². The Morgan fingerprint density at radius 1 is 1.32 bits per heavy atom. The summed E-state index contributed by atoms with van der Waals surface area (Å²) in [6.45, 7) is 3.99. The first-order valence-electron chi connectivity index (χ1n) is 6.13. The summed E-state index contributed by atoms with van der Waals surface area (Å²) < 4.78 is 0. The fourth-order valence-corrected chi connectivity index (χ4v) is 2.71. The highest BCUT2D eigenvalue weighted by atomic mass is 32.1. The fraction of sp³-hybridized carbons (Fsp3) is 0.214. The van der Waals surface area contributed by atoms with Crippen molar-refractivity contribution in [3.63, 3.8) is 0 Å². The van der Waals surface area contributed by atoms with Crippen molar-refractivity contribution in [2.75, 3.05) is 0 Å². The van der Waals surface area contributed by atoms with Gasteiger partial charge in [0.2, 0.25) is 0 Å². The first-order valence-corrected chi connectivity index (χ1v) is 7.01. The van der Waals surface area contributed by atoms with Crippen molar-refractivity contribution >= 4 is 22.2 Å². The molecule has 2 aromatic heterocycles. The maximum absolute atomic E-state index is 12.1. The lowest BCUT2D eigenvalue weighted by Gasteiger charge is -2.02. The number of fused-ring (bicyclic) bond motifs is 1. The largest absolute Gasteiger partial charge is 0.304 e. The van der Waals surface area contributed by atoms with E-state index >= 15 is 0 Å². The minimum Gasteiger partial charge on any atom is -0.304 e. The predicted octanol–water partition coefficient (Wildman–Crippen LogP) is 2.92. The van der Waals surface area contributed by atoms with Crippen molar-refractivity contribution in [1.29, 1.82) is 0 Å². The number of rotatable bonds is 2. The molecule has 0 aliphatic heterocycles. The monoisotopic (exact) mass is 271 g/mol. The van der Waals surface area contributed by atoms with Crippen LogP contribution in [0.15, 0.2) is 28.4 Å². The molecule has 0 atom stereocenters. The molecule has 0 unspecified atom stereocenters. The summed E-state index contributed by atoms with van der Waals surface area (Å²) in [6.07, 6.45) is 0.906. The number of thiazole rings is 1. The Morgan fingerprint density at radius 2 is 2.16 bits per heavy atom. The van der Waals surface area contributed by atoms with Crippen molar-refractivity contribution in [2.24, 2.45) is 0 Å². The SMILES string of the molecule is CCc1ccc2nc(-c3nc(C)cs3)[nH]c(=O)c2c1. The average molecular weight is 271 g/mol. The van der Waals surface area contributed by atoms with Gasteiger partial charge in [0, 0.05) is 11.1 Å². The van der Waals surface area contributed by atoms with Crippen molar-refractivity contribution in [1.82, 2.24) is 15.0 Å². The average Bonchev–Trinajstić information content (AvgIpc) is 2.85. The van der Waals surface area contributed by atoms with E-state index in [1.807, 2.05) is 30.5 Å². The first-order chi connectivity index (χ1) is 9.17. The third-order valence-corrected chi connectivity index (χ3v) is 3.97. The highest BCUT2D eigenvalue weighted by Gasteiger charge is 2.09. The van der Waals surface area contributed by atoms with Gasteiger partial charge in [-0.15, -0.1) is 11.3 Å². The van der Waals surface area contributed by atoms with Crippen LogP contribution in [0.2, 0.25) is 0 Å². The Balaban J connectivity index is 2.22. The van der Waals surface area contributed by atoms with E-state index in [4.69, 9.17) is 0 Å². The van der Waals surface area contributed by atoms with E-state index in [1.54, 1.807) is 0 Å². The molecule has 0 bridgehead atoms. The molecule has 0 amide bonds. The van der Waals surface area contributed by atoms with E-state index in [2.05, 4.69) is 21.9 Å². The Morgan fingerprint density at radius 3 is 2.84 bits per heavy atom. The van der Waals surface area contributed by atoms with Crippen molar-refractivity contribution in [3.05, 3.63) is 45.2 Å². The lowest BCUT2D eigenvalue weighted by molar-refractivity contribution is 1.12. The molecule has 0 radical (unpaired) electrons. The van der Waals surface area contributed by atoms with Crippen molar-refractivity contribution in [2.45, 2.75) is 20.3 Å². The Kier molecular flexibility index (Phi) is 2.91. The normalized spacial score (nSPS) is 11.1.